The molecule has 1 heterocycles. The molecule has 1 aliphatic carbocycles. The standard InChI is InChI=1S/C16H20ClFN2O.ClH/c17-12-3-4-15(18)14(9-12)16(21)20-7-5-13(6-8-20)19-10-11-1-2-11;/h3-4,9,11,13,19H,1-2,5-8,10H2;1H. The van der Waals surface area contributed by atoms with E-state index in [1.165, 1.54) is 31.0 Å². The highest BCUT2D eigenvalue weighted by Crippen LogP contribution is 2.28. The quantitative estimate of drug-likeness (QED) is 0.904. The Morgan fingerprint density at radius 3 is 2.59 bits per heavy atom. The first-order valence-electron chi connectivity index (χ1n) is 7.61. The summed E-state index contributed by atoms with van der Waals surface area (Å²) in [5.74, 6) is 0.110. The van der Waals surface area contributed by atoms with Gasteiger partial charge in [-0.2, -0.15) is 0 Å². The van der Waals surface area contributed by atoms with Crippen LogP contribution in [-0.2, 0) is 0 Å². The number of carbonyl (C=O) groups is 1. The number of nitrogens with zero attached hydrogens (tertiary/aromatic N) is 1. The number of amides is 1. The molecule has 122 valence electrons. The first-order valence-corrected chi connectivity index (χ1v) is 7.99. The molecule has 1 aromatic rings. The molecule has 2 fully saturated rings. The number of nitrogens with one attached hydrogen (secondary N) is 1. The Hall–Kier alpha value is -0.840. The third-order valence-electron chi connectivity index (χ3n) is 4.33. The Morgan fingerprint density at radius 2 is 1.95 bits per heavy atom. The molecule has 22 heavy (non-hydrogen) atoms. The maximum absolute atomic E-state index is 13.7. The van der Waals surface area contributed by atoms with Crippen LogP contribution >= 0.6 is 24.0 Å². The van der Waals surface area contributed by atoms with Crippen molar-refractivity contribution in [3.05, 3.63) is 34.6 Å². The average Bonchev–Trinajstić information content (AvgIpc) is 3.32. The second kappa shape index (κ2) is 7.62. The number of benzene rings is 1. The van der Waals surface area contributed by atoms with Crippen molar-refractivity contribution in [1.29, 1.82) is 0 Å². The Kier molecular flexibility index (Phi) is 6.07. The Labute approximate surface area is 141 Å². The molecular formula is C16H21Cl2FN2O. The fourth-order valence-electron chi connectivity index (χ4n) is 2.77. The molecular weight excluding hydrogens is 326 g/mol. The van der Waals surface area contributed by atoms with Crippen LogP contribution in [-0.4, -0.2) is 36.5 Å². The van der Waals surface area contributed by atoms with E-state index >= 15 is 0 Å². The molecule has 0 radical (unpaired) electrons. The van der Waals surface area contributed by atoms with Gasteiger partial charge in [-0.05, 0) is 56.3 Å². The van der Waals surface area contributed by atoms with Gasteiger partial charge in [0.2, 0.25) is 0 Å². The SMILES string of the molecule is Cl.O=C(c1cc(Cl)ccc1F)N1CCC(NCC2CC2)CC1. The van der Waals surface area contributed by atoms with Gasteiger partial charge in [-0.15, -0.1) is 12.4 Å². The summed E-state index contributed by atoms with van der Waals surface area (Å²) in [7, 11) is 0. The fraction of sp³-hybridized carbons (Fsp3) is 0.562. The summed E-state index contributed by atoms with van der Waals surface area (Å²) in [4.78, 5) is 14.1. The maximum Gasteiger partial charge on any atom is 0.256 e. The molecule has 1 aromatic carbocycles. The summed E-state index contributed by atoms with van der Waals surface area (Å²) in [6.07, 6.45) is 4.55. The highest BCUT2D eigenvalue weighted by molar-refractivity contribution is 6.31. The van der Waals surface area contributed by atoms with Crippen molar-refractivity contribution in [3.63, 3.8) is 0 Å². The maximum atomic E-state index is 13.7. The largest absolute Gasteiger partial charge is 0.338 e. The molecule has 2 aliphatic rings. The third kappa shape index (κ3) is 4.34. The lowest BCUT2D eigenvalue weighted by molar-refractivity contribution is 0.0700. The van der Waals surface area contributed by atoms with Crippen molar-refractivity contribution >= 4 is 29.9 Å². The lowest BCUT2D eigenvalue weighted by atomic mass is 10.0. The van der Waals surface area contributed by atoms with E-state index in [-0.39, 0.29) is 23.9 Å². The van der Waals surface area contributed by atoms with E-state index < -0.39 is 5.82 Å². The zero-order valence-corrected chi connectivity index (χ0v) is 13.9. The van der Waals surface area contributed by atoms with E-state index in [1.807, 2.05) is 0 Å². The Morgan fingerprint density at radius 1 is 1.27 bits per heavy atom. The summed E-state index contributed by atoms with van der Waals surface area (Å²) in [5, 5.41) is 3.96. The Balaban J connectivity index is 0.00000176. The van der Waals surface area contributed by atoms with Crippen LogP contribution in [0.1, 0.15) is 36.0 Å². The molecule has 6 heteroatoms. The van der Waals surface area contributed by atoms with Crippen LogP contribution in [0.5, 0.6) is 0 Å². The molecule has 0 aromatic heterocycles. The smallest absolute Gasteiger partial charge is 0.256 e. The Bertz CT molecular complexity index is 529. The van der Waals surface area contributed by atoms with Crippen LogP contribution in [0.3, 0.4) is 0 Å². The van der Waals surface area contributed by atoms with E-state index in [1.54, 1.807) is 4.90 Å². The van der Waals surface area contributed by atoms with Gasteiger partial charge in [0.05, 0.1) is 5.56 Å². The molecule has 1 amide bonds. The summed E-state index contributed by atoms with van der Waals surface area (Å²) >= 11 is 5.85. The van der Waals surface area contributed by atoms with Crippen LogP contribution in [0.25, 0.3) is 0 Å². The number of likely N-dealkylation sites (tertiary alicyclic amines) is 1. The van der Waals surface area contributed by atoms with E-state index in [0.717, 1.165) is 25.3 Å². The van der Waals surface area contributed by atoms with Gasteiger partial charge >= 0.3 is 0 Å². The molecule has 3 rings (SSSR count). The molecule has 1 saturated carbocycles. The minimum Gasteiger partial charge on any atom is -0.338 e. The van der Waals surface area contributed by atoms with E-state index in [2.05, 4.69) is 5.32 Å². The molecule has 0 spiro atoms. The van der Waals surface area contributed by atoms with E-state index in [4.69, 9.17) is 11.6 Å². The number of rotatable bonds is 4. The van der Waals surface area contributed by atoms with Crippen LogP contribution in [0, 0.1) is 11.7 Å². The highest BCUT2D eigenvalue weighted by Gasteiger charge is 2.27. The average molecular weight is 347 g/mol. The van der Waals surface area contributed by atoms with Crippen molar-refractivity contribution < 1.29 is 9.18 Å². The van der Waals surface area contributed by atoms with Gasteiger partial charge in [0.15, 0.2) is 0 Å². The number of piperidine rings is 1. The summed E-state index contributed by atoms with van der Waals surface area (Å²) in [6.45, 7) is 2.45. The van der Waals surface area contributed by atoms with Crippen molar-refractivity contribution in [2.45, 2.75) is 31.7 Å². The van der Waals surface area contributed by atoms with Crippen molar-refractivity contribution in [1.82, 2.24) is 10.2 Å². The minimum atomic E-state index is -0.501. The van der Waals surface area contributed by atoms with Crippen molar-refractivity contribution in [2.75, 3.05) is 19.6 Å². The topological polar surface area (TPSA) is 32.3 Å². The number of hydrogen-bond donors (Lipinski definition) is 1. The lowest BCUT2D eigenvalue weighted by Crippen LogP contribution is -2.45. The molecule has 3 nitrogen and oxygen atoms in total. The number of carbonyl (C=O) groups excluding carboxylic acids is 1. The first kappa shape index (κ1) is 17.5. The van der Waals surface area contributed by atoms with Crippen LogP contribution in [0.15, 0.2) is 18.2 Å². The third-order valence-corrected chi connectivity index (χ3v) is 4.57. The minimum absolute atomic E-state index is 0. The van der Waals surface area contributed by atoms with Gasteiger partial charge in [-0.25, -0.2) is 4.39 Å². The second-order valence-electron chi connectivity index (χ2n) is 6.04. The summed E-state index contributed by atoms with van der Waals surface area (Å²) in [6, 6.07) is 4.61. The molecule has 1 aliphatic heterocycles. The summed E-state index contributed by atoms with van der Waals surface area (Å²) < 4.78 is 13.7. The lowest BCUT2D eigenvalue weighted by Gasteiger charge is -2.32. The summed E-state index contributed by atoms with van der Waals surface area (Å²) in [5.41, 5.74) is 0.0758. The van der Waals surface area contributed by atoms with E-state index in [9.17, 15) is 9.18 Å². The predicted molar refractivity (Wildman–Crippen MR) is 88.3 cm³/mol. The molecule has 1 N–H and O–H groups in total. The fourth-order valence-corrected chi connectivity index (χ4v) is 2.95. The van der Waals surface area contributed by atoms with Crippen molar-refractivity contribution in [3.8, 4) is 0 Å². The van der Waals surface area contributed by atoms with E-state index in [0.29, 0.717) is 24.2 Å². The van der Waals surface area contributed by atoms with Gasteiger partial charge in [-0.3, -0.25) is 4.79 Å². The van der Waals surface area contributed by atoms with Crippen molar-refractivity contribution in [2.24, 2.45) is 5.92 Å². The zero-order chi connectivity index (χ0) is 14.8. The van der Waals surface area contributed by atoms with Gasteiger partial charge in [-0.1, -0.05) is 11.6 Å². The first-order chi connectivity index (χ1) is 10.1. The van der Waals surface area contributed by atoms with Crippen LogP contribution < -0.4 is 5.32 Å². The zero-order valence-electron chi connectivity index (χ0n) is 12.4. The normalized spacial score (nSPS) is 18.9. The monoisotopic (exact) mass is 346 g/mol. The van der Waals surface area contributed by atoms with Crippen LogP contribution in [0.4, 0.5) is 4.39 Å². The van der Waals surface area contributed by atoms with Gasteiger partial charge in [0.25, 0.3) is 5.91 Å². The van der Waals surface area contributed by atoms with Gasteiger partial charge in [0.1, 0.15) is 5.82 Å². The van der Waals surface area contributed by atoms with Gasteiger partial charge < -0.3 is 10.2 Å². The number of halogens is 3. The second-order valence-corrected chi connectivity index (χ2v) is 6.48. The molecule has 0 bridgehead atoms. The molecule has 0 atom stereocenters. The molecule has 0 unspecified atom stereocenters. The number of hydrogen-bond acceptors (Lipinski definition) is 2. The highest BCUT2D eigenvalue weighted by atomic mass is 35.5. The predicted octanol–water partition coefficient (Wildman–Crippen LogP) is 3.51. The molecule has 1 saturated heterocycles. The van der Waals surface area contributed by atoms with Crippen LogP contribution in [0.2, 0.25) is 5.02 Å². The van der Waals surface area contributed by atoms with Gasteiger partial charge in [0, 0.05) is 24.2 Å².